The molecule has 1 aromatic carbocycles. The molecule has 1 aromatic rings. The normalized spacial score (nSPS) is 15.3. The van der Waals surface area contributed by atoms with Crippen LogP contribution in [0.3, 0.4) is 0 Å². The first-order chi connectivity index (χ1) is 9.70. The number of amides is 2. The lowest BCUT2D eigenvalue weighted by molar-refractivity contribution is 0.177. The molecule has 0 atom stereocenters. The van der Waals surface area contributed by atoms with Gasteiger partial charge in [-0.1, -0.05) is 17.7 Å². The van der Waals surface area contributed by atoms with Crippen molar-refractivity contribution in [3.05, 3.63) is 29.3 Å². The van der Waals surface area contributed by atoms with Crippen molar-refractivity contribution in [3.63, 3.8) is 0 Å². The molecule has 1 N–H and O–H groups in total. The second-order valence-corrected chi connectivity index (χ2v) is 5.12. The van der Waals surface area contributed by atoms with Crippen LogP contribution in [0, 0.1) is 0 Å². The summed E-state index contributed by atoms with van der Waals surface area (Å²) in [5.41, 5.74) is 1.11. The van der Waals surface area contributed by atoms with Crippen LogP contribution in [0.4, 0.5) is 10.5 Å². The summed E-state index contributed by atoms with van der Waals surface area (Å²) in [4.78, 5) is 16.0. The van der Waals surface area contributed by atoms with E-state index in [9.17, 15) is 4.79 Å². The molecule has 1 saturated heterocycles. The van der Waals surface area contributed by atoms with Crippen LogP contribution in [-0.2, 0) is 4.74 Å². The Balaban J connectivity index is 1.81. The maximum absolute atomic E-state index is 11.9. The minimum Gasteiger partial charge on any atom is -0.383 e. The van der Waals surface area contributed by atoms with E-state index in [1.807, 2.05) is 29.2 Å². The van der Waals surface area contributed by atoms with Gasteiger partial charge >= 0.3 is 6.03 Å². The number of carbonyl (C=O) groups excluding carboxylic acids is 1. The molecule has 0 spiro atoms. The summed E-state index contributed by atoms with van der Waals surface area (Å²) in [5, 5.41) is 3.58. The Morgan fingerprint density at radius 1 is 1.35 bits per heavy atom. The van der Waals surface area contributed by atoms with Gasteiger partial charge in [0.05, 0.1) is 6.61 Å². The highest BCUT2D eigenvalue weighted by atomic mass is 35.5. The number of nitrogens with one attached hydrogen (secondary N) is 1. The number of halogens is 1. The van der Waals surface area contributed by atoms with Gasteiger partial charge in [0.2, 0.25) is 0 Å². The molecule has 0 aromatic heterocycles. The highest BCUT2D eigenvalue weighted by Crippen LogP contribution is 2.20. The molecule has 0 unspecified atom stereocenters. The number of carbonyl (C=O) groups is 1. The van der Waals surface area contributed by atoms with Gasteiger partial charge in [0, 0.05) is 50.5 Å². The average molecular weight is 298 g/mol. The number of hydrogen-bond donors (Lipinski definition) is 1. The van der Waals surface area contributed by atoms with Gasteiger partial charge in [0.25, 0.3) is 0 Å². The van der Waals surface area contributed by atoms with Crippen LogP contribution in [0.1, 0.15) is 0 Å². The number of anilines is 1. The van der Waals surface area contributed by atoms with Crippen molar-refractivity contribution < 1.29 is 9.53 Å². The Morgan fingerprint density at radius 3 is 2.75 bits per heavy atom. The summed E-state index contributed by atoms with van der Waals surface area (Å²) in [6.07, 6.45) is 0. The second-order valence-electron chi connectivity index (χ2n) is 4.68. The van der Waals surface area contributed by atoms with Crippen molar-refractivity contribution in [2.24, 2.45) is 0 Å². The number of rotatable bonds is 4. The topological polar surface area (TPSA) is 44.8 Å². The van der Waals surface area contributed by atoms with Crippen molar-refractivity contribution in [1.82, 2.24) is 10.2 Å². The van der Waals surface area contributed by atoms with Gasteiger partial charge in [-0.2, -0.15) is 0 Å². The van der Waals surface area contributed by atoms with Crippen molar-refractivity contribution >= 4 is 23.3 Å². The number of methoxy groups -OCH3 is 1. The molecule has 0 radical (unpaired) electrons. The van der Waals surface area contributed by atoms with E-state index >= 15 is 0 Å². The molecule has 1 fully saturated rings. The van der Waals surface area contributed by atoms with Crippen molar-refractivity contribution in [1.29, 1.82) is 0 Å². The summed E-state index contributed by atoms with van der Waals surface area (Å²) in [5.74, 6) is 0. The lowest BCUT2D eigenvalue weighted by atomic mass is 10.2. The number of benzene rings is 1. The van der Waals surface area contributed by atoms with Crippen LogP contribution >= 0.6 is 11.6 Å². The fourth-order valence-electron chi connectivity index (χ4n) is 2.21. The Morgan fingerprint density at radius 2 is 2.10 bits per heavy atom. The maximum Gasteiger partial charge on any atom is 0.317 e. The number of ether oxygens (including phenoxy) is 1. The van der Waals surface area contributed by atoms with E-state index in [4.69, 9.17) is 16.3 Å². The Kier molecular flexibility index (Phi) is 5.49. The molecular weight excluding hydrogens is 278 g/mol. The smallest absolute Gasteiger partial charge is 0.317 e. The fourth-order valence-corrected chi connectivity index (χ4v) is 2.40. The third kappa shape index (κ3) is 4.02. The largest absolute Gasteiger partial charge is 0.383 e. The highest BCUT2D eigenvalue weighted by molar-refractivity contribution is 6.30. The van der Waals surface area contributed by atoms with Crippen LogP contribution in [0.25, 0.3) is 0 Å². The number of nitrogens with zero attached hydrogens (tertiary/aromatic N) is 2. The van der Waals surface area contributed by atoms with E-state index in [1.54, 1.807) is 7.11 Å². The zero-order valence-electron chi connectivity index (χ0n) is 11.6. The molecule has 2 rings (SSSR count). The molecule has 110 valence electrons. The predicted octanol–water partition coefficient (Wildman–Crippen LogP) is 1.82. The summed E-state index contributed by atoms with van der Waals surface area (Å²) in [6.45, 7) is 4.14. The standard InChI is InChI=1S/C14H20ClN3O2/c1-20-10-5-16-14(19)18-8-6-17(7-9-18)13-4-2-3-12(15)11-13/h2-4,11H,5-10H2,1H3,(H,16,19). The van der Waals surface area contributed by atoms with Gasteiger partial charge < -0.3 is 19.9 Å². The van der Waals surface area contributed by atoms with Crippen molar-refractivity contribution in [2.75, 3.05) is 51.3 Å². The molecule has 0 saturated carbocycles. The summed E-state index contributed by atoms with van der Waals surface area (Å²) in [7, 11) is 1.62. The van der Waals surface area contributed by atoms with E-state index in [0.29, 0.717) is 26.2 Å². The maximum atomic E-state index is 11.9. The monoisotopic (exact) mass is 297 g/mol. The van der Waals surface area contributed by atoms with Crippen LogP contribution in [0.15, 0.2) is 24.3 Å². The zero-order valence-corrected chi connectivity index (χ0v) is 12.4. The molecule has 0 bridgehead atoms. The van der Waals surface area contributed by atoms with Gasteiger partial charge in [-0.05, 0) is 18.2 Å². The van der Waals surface area contributed by atoms with Crippen LogP contribution < -0.4 is 10.2 Å². The van der Waals surface area contributed by atoms with Crippen molar-refractivity contribution in [3.8, 4) is 0 Å². The quantitative estimate of drug-likeness (QED) is 0.862. The summed E-state index contributed by atoms with van der Waals surface area (Å²) in [6, 6.07) is 7.79. The van der Waals surface area contributed by atoms with Gasteiger partial charge in [0.1, 0.15) is 0 Å². The van der Waals surface area contributed by atoms with Crippen LogP contribution in [-0.4, -0.2) is 57.4 Å². The average Bonchev–Trinajstić information content (AvgIpc) is 2.47. The fraction of sp³-hybridized carbons (Fsp3) is 0.500. The first-order valence-electron chi connectivity index (χ1n) is 6.73. The molecule has 2 amide bonds. The van der Waals surface area contributed by atoms with Gasteiger partial charge in [-0.25, -0.2) is 4.79 Å². The molecule has 1 heterocycles. The molecule has 1 aliphatic heterocycles. The number of piperazine rings is 1. The lowest BCUT2D eigenvalue weighted by Gasteiger charge is -2.36. The van der Waals surface area contributed by atoms with Crippen molar-refractivity contribution in [2.45, 2.75) is 0 Å². The van der Waals surface area contributed by atoms with Crippen LogP contribution in [0.5, 0.6) is 0 Å². The molecule has 20 heavy (non-hydrogen) atoms. The first-order valence-corrected chi connectivity index (χ1v) is 7.11. The van der Waals surface area contributed by atoms with Gasteiger partial charge in [-0.15, -0.1) is 0 Å². The first kappa shape index (κ1) is 14.9. The number of urea groups is 1. The Bertz CT molecular complexity index is 448. The highest BCUT2D eigenvalue weighted by Gasteiger charge is 2.20. The Labute approximate surface area is 124 Å². The third-order valence-corrected chi connectivity index (χ3v) is 3.56. The predicted molar refractivity (Wildman–Crippen MR) is 80.5 cm³/mol. The van der Waals surface area contributed by atoms with E-state index < -0.39 is 0 Å². The Hall–Kier alpha value is -1.46. The minimum absolute atomic E-state index is 0.0206. The van der Waals surface area contributed by atoms with E-state index in [0.717, 1.165) is 23.8 Å². The molecule has 6 heteroatoms. The molecule has 5 nitrogen and oxygen atoms in total. The molecule has 0 aliphatic carbocycles. The van der Waals surface area contributed by atoms with Gasteiger partial charge in [-0.3, -0.25) is 0 Å². The van der Waals surface area contributed by atoms with E-state index in [-0.39, 0.29) is 6.03 Å². The number of hydrogen-bond acceptors (Lipinski definition) is 3. The zero-order chi connectivity index (χ0) is 14.4. The van der Waals surface area contributed by atoms with Crippen LogP contribution in [0.2, 0.25) is 5.02 Å². The van der Waals surface area contributed by atoms with E-state index in [1.165, 1.54) is 0 Å². The third-order valence-electron chi connectivity index (χ3n) is 3.32. The van der Waals surface area contributed by atoms with Gasteiger partial charge in [0.15, 0.2) is 0 Å². The summed E-state index contributed by atoms with van der Waals surface area (Å²) < 4.78 is 4.91. The summed E-state index contributed by atoms with van der Waals surface area (Å²) >= 11 is 6.00. The minimum atomic E-state index is -0.0206. The lowest BCUT2D eigenvalue weighted by Crippen LogP contribution is -2.52. The van der Waals surface area contributed by atoms with E-state index in [2.05, 4.69) is 10.2 Å². The SMILES string of the molecule is COCCNC(=O)N1CCN(c2cccc(Cl)c2)CC1. The molecular formula is C14H20ClN3O2. The second kappa shape index (κ2) is 7.36. The molecule has 1 aliphatic rings.